The van der Waals surface area contributed by atoms with Gasteiger partial charge in [-0.1, -0.05) is 57.2 Å². The van der Waals surface area contributed by atoms with Crippen LogP contribution in [-0.2, 0) is 14.4 Å². The first kappa shape index (κ1) is 46.4. The standard InChI is InChI=1S/C48H60N10O7S/c1-28(2)44(48(63)58-25-34(59)21-39(58)47(62)51-30(4)32-11-13-33(14-12-32)45-31(5)50-27-66-45)41-23-42(54-65-41)64-26-43(61)57-16-15-37(29(3)24-57)55-17-19-56(20-18-55)38-22-36(52-53-46(38)49-6)35-9-7-8-10-40(35)60/h7-14,22-23,27-30,34,37,39,44,59-60H,15-21,24-26H2,1-6H3,(H,49,53)(H,51,62)/t29?,30-,34+,37?,39-,44+/m0/s1. The second-order valence-electron chi connectivity index (χ2n) is 18.0. The molecule has 3 saturated heterocycles. The third-order valence-electron chi connectivity index (χ3n) is 13.3. The number of aromatic hydroxyl groups is 1. The molecule has 66 heavy (non-hydrogen) atoms. The van der Waals surface area contributed by atoms with Gasteiger partial charge in [0.05, 0.1) is 39.6 Å². The van der Waals surface area contributed by atoms with Gasteiger partial charge < -0.3 is 44.8 Å². The minimum absolute atomic E-state index is 0.0122. The Morgan fingerprint density at radius 3 is 2.42 bits per heavy atom. The van der Waals surface area contributed by atoms with E-state index in [1.54, 1.807) is 29.5 Å². The van der Waals surface area contributed by atoms with Crippen molar-refractivity contribution in [1.29, 1.82) is 0 Å². The van der Waals surface area contributed by atoms with E-state index in [1.807, 2.05) is 87.6 Å². The molecule has 3 aromatic heterocycles. The fourth-order valence-electron chi connectivity index (χ4n) is 9.65. The number of anilines is 2. The number of carbonyl (C=O) groups excluding carboxylic acids is 3. The number of piperazine rings is 1. The first-order chi connectivity index (χ1) is 31.8. The fraction of sp³-hybridized carbons (Fsp3) is 0.479. The van der Waals surface area contributed by atoms with Crippen LogP contribution in [0.4, 0.5) is 11.5 Å². The van der Waals surface area contributed by atoms with Crippen LogP contribution in [0.5, 0.6) is 11.6 Å². The summed E-state index contributed by atoms with van der Waals surface area (Å²) in [5, 5.41) is 40.2. The summed E-state index contributed by atoms with van der Waals surface area (Å²) in [4.78, 5) is 55.0. The number of aliphatic hydroxyl groups is 1. The van der Waals surface area contributed by atoms with E-state index in [9.17, 15) is 24.6 Å². The normalized spacial score (nSPS) is 21.2. The number of para-hydroxylation sites is 1. The number of hydrogen-bond donors (Lipinski definition) is 4. The predicted molar refractivity (Wildman–Crippen MR) is 251 cm³/mol. The van der Waals surface area contributed by atoms with Crippen molar-refractivity contribution >= 4 is 40.6 Å². The summed E-state index contributed by atoms with van der Waals surface area (Å²) < 4.78 is 11.5. The lowest BCUT2D eigenvalue weighted by Crippen LogP contribution is -2.57. The Labute approximate surface area is 389 Å². The van der Waals surface area contributed by atoms with Gasteiger partial charge in [0.15, 0.2) is 18.2 Å². The highest BCUT2D eigenvalue weighted by molar-refractivity contribution is 7.13. The van der Waals surface area contributed by atoms with Gasteiger partial charge in [0.1, 0.15) is 17.7 Å². The zero-order valence-corrected chi connectivity index (χ0v) is 39.2. The number of amides is 3. The monoisotopic (exact) mass is 920 g/mol. The Morgan fingerprint density at radius 1 is 0.985 bits per heavy atom. The summed E-state index contributed by atoms with van der Waals surface area (Å²) in [6.07, 6.45) is 0.0875. The van der Waals surface area contributed by atoms with Crippen molar-refractivity contribution in [1.82, 2.24) is 40.4 Å². The smallest absolute Gasteiger partial charge is 0.260 e. The maximum absolute atomic E-state index is 14.2. The van der Waals surface area contributed by atoms with Crippen LogP contribution in [0.15, 0.2) is 70.7 Å². The van der Waals surface area contributed by atoms with Gasteiger partial charge >= 0.3 is 0 Å². The summed E-state index contributed by atoms with van der Waals surface area (Å²) in [5.41, 5.74) is 6.94. The number of ether oxygens (including phenoxy) is 1. The highest BCUT2D eigenvalue weighted by atomic mass is 32.1. The van der Waals surface area contributed by atoms with E-state index in [1.165, 1.54) is 4.90 Å². The van der Waals surface area contributed by atoms with E-state index >= 15 is 0 Å². The molecule has 350 valence electrons. The number of nitrogens with zero attached hydrogens (tertiary/aromatic N) is 8. The number of carbonyl (C=O) groups is 3. The highest BCUT2D eigenvalue weighted by Crippen LogP contribution is 2.35. The summed E-state index contributed by atoms with van der Waals surface area (Å²) in [6.45, 7) is 14.1. The van der Waals surface area contributed by atoms with Crippen LogP contribution >= 0.6 is 11.3 Å². The Bertz CT molecular complexity index is 2490. The van der Waals surface area contributed by atoms with Crippen LogP contribution in [0, 0.1) is 18.8 Å². The Kier molecular flexibility index (Phi) is 14.2. The molecule has 4 N–H and O–H groups in total. The first-order valence-corrected chi connectivity index (χ1v) is 23.7. The summed E-state index contributed by atoms with van der Waals surface area (Å²) in [7, 11) is 1.83. The van der Waals surface area contributed by atoms with Crippen LogP contribution in [0.3, 0.4) is 0 Å². The third-order valence-corrected chi connectivity index (χ3v) is 14.2. The first-order valence-electron chi connectivity index (χ1n) is 22.8. The quantitative estimate of drug-likeness (QED) is 0.111. The van der Waals surface area contributed by atoms with Crippen molar-refractivity contribution in [3.05, 3.63) is 83.2 Å². The van der Waals surface area contributed by atoms with Crippen LogP contribution < -0.4 is 20.3 Å². The van der Waals surface area contributed by atoms with Gasteiger partial charge in [0.2, 0.25) is 11.8 Å². The molecule has 17 nitrogen and oxygen atoms in total. The van der Waals surface area contributed by atoms with Gasteiger partial charge in [-0.15, -0.1) is 21.5 Å². The van der Waals surface area contributed by atoms with Gasteiger partial charge in [-0.2, -0.15) is 0 Å². The zero-order chi connectivity index (χ0) is 46.6. The van der Waals surface area contributed by atoms with Crippen molar-refractivity contribution in [3.63, 3.8) is 0 Å². The Balaban J connectivity index is 0.823. The molecule has 0 bridgehead atoms. The third kappa shape index (κ3) is 10.00. The maximum atomic E-state index is 14.2. The number of benzene rings is 2. The maximum Gasteiger partial charge on any atom is 0.260 e. The lowest BCUT2D eigenvalue weighted by Gasteiger charge is -2.46. The number of nitrogens with one attached hydrogen (secondary N) is 2. The molecule has 5 aromatic rings. The number of β-amino-alcohol motifs (C(OH)–C–C–N with tert-alkyl or cyclic N) is 1. The Morgan fingerprint density at radius 2 is 1.74 bits per heavy atom. The average molecular weight is 921 g/mol. The molecule has 3 aliphatic rings. The van der Waals surface area contributed by atoms with Crippen LogP contribution in [0.25, 0.3) is 21.7 Å². The molecule has 3 aliphatic heterocycles. The summed E-state index contributed by atoms with van der Waals surface area (Å²) >= 11 is 1.58. The molecule has 2 aromatic carbocycles. The molecule has 3 fully saturated rings. The minimum Gasteiger partial charge on any atom is -0.507 e. The Hall–Kier alpha value is -6.11. The zero-order valence-electron chi connectivity index (χ0n) is 38.4. The molecular weight excluding hydrogens is 861 g/mol. The molecule has 8 rings (SSSR count). The second-order valence-corrected chi connectivity index (χ2v) is 18.9. The SMILES string of the molecule is CNc1nnc(-c2ccccc2O)cc1N1CCN(C2CCN(C(=O)COc3cc([C@H](C(=O)N4C[C@H](O)C[C@H]4C(=O)N[C@@H](C)c4ccc(-c5scnc5C)cc4)C(C)C)on3)CC2C)CC1. The molecule has 18 heteroatoms. The largest absolute Gasteiger partial charge is 0.507 e. The molecule has 6 heterocycles. The molecular formula is C48H60N10O7S. The number of aliphatic hydroxyl groups excluding tert-OH is 1. The van der Waals surface area contributed by atoms with E-state index in [0.29, 0.717) is 36.2 Å². The van der Waals surface area contributed by atoms with E-state index in [0.717, 1.165) is 60.0 Å². The van der Waals surface area contributed by atoms with Gasteiger partial charge in [-0.05, 0) is 66.6 Å². The van der Waals surface area contributed by atoms with Gasteiger partial charge in [0.25, 0.3) is 11.8 Å². The van der Waals surface area contributed by atoms with Crippen molar-refractivity contribution < 1.29 is 33.9 Å². The minimum atomic E-state index is -0.871. The molecule has 6 atom stereocenters. The molecule has 0 saturated carbocycles. The predicted octanol–water partition coefficient (Wildman–Crippen LogP) is 5.33. The van der Waals surface area contributed by atoms with Crippen molar-refractivity contribution in [2.24, 2.45) is 11.8 Å². The average Bonchev–Trinajstić information content (AvgIpc) is 4.08. The van der Waals surface area contributed by atoms with Crippen molar-refractivity contribution in [3.8, 4) is 33.3 Å². The van der Waals surface area contributed by atoms with Gasteiger partial charge in [0, 0.05) is 77.0 Å². The molecule has 0 aliphatic carbocycles. The molecule has 3 amide bonds. The molecule has 0 radical (unpaired) electrons. The van der Waals surface area contributed by atoms with E-state index in [2.05, 4.69) is 47.7 Å². The fourth-order valence-corrected chi connectivity index (χ4v) is 10.5. The lowest BCUT2D eigenvalue weighted by atomic mass is 9.91. The number of phenolic OH excluding ortho intramolecular Hbond substituents is 1. The molecule has 2 unspecified atom stereocenters. The topological polar surface area (TPSA) is 203 Å². The van der Waals surface area contributed by atoms with E-state index in [4.69, 9.17) is 9.26 Å². The number of rotatable bonds is 14. The summed E-state index contributed by atoms with van der Waals surface area (Å²) in [5.74, 6) is -0.473. The van der Waals surface area contributed by atoms with Crippen LogP contribution in [0.1, 0.15) is 69.5 Å². The van der Waals surface area contributed by atoms with Gasteiger partial charge in [-0.3, -0.25) is 19.3 Å². The van der Waals surface area contributed by atoms with Crippen molar-refractivity contribution in [2.75, 3.05) is 69.7 Å². The number of phenols is 1. The number of aromatic nitrogens is 4. The van der Waals surface area contributed by atoms with Gasteiger partial charge in [-0.25, -0.2) is 4.98 Å². The number of hydrogen-bond acceptors (Lipinski definition) is 15. The number of thiazole rings is 1. The summed E-state index contributed by atoms with van der Waals surface area (Å²) in [6, 6.07) is 17.7. The second kappa shape index (κ2) is 20.2. The van der Waals surface area contributed by atoms with Crippen LogP contribution in [0.2, 0.25) is 0 Å². The lowest BCUT2D eigenvalue weighted by molar-refractivity contribution is -0.141. The number of likely N-dealkylation sites (tertiary alicyclic amines) is 2. The van der Waals surface area contributed by atoms with E-state index < -0.39 is 18.1 Å². The molecule has 0 spiro atoms. The van der Waals surface area contributed by atoms with Crippen LogP contribution in [-0.4, -0.2) is 141 Å². The number of aryl methyl sites for hydroxylation is 1. The number of piperidine rings is 1. The van der Waals surface area contributed by atoms with Crippen molar-refractivity contribution in [2.45, 2.75) is 77.6 Å². The highest BCUT2D eigenvalue weighted by Gasteiger charge is 2.44. The van der Waals surface area contributed by atoms with E-state index in [-0.39, 0.29) is 72.6 Å².